The zero-order valence-corrected chi connectivity index (χ0v) is 8.22. The van der Waals surface area contributed by atoms with E-state index in [1.165, 1.54) is 0 Å². The number of anilines is 2. The highest BCUT2D eigenvalue weighted by Crippen LogP contribution is 2.23. The summed E-state index contributed by atoms with van der Waals surface area (Å²) in [5.74, 6) is -4.31. The molecular formula is C10H5F4N3. The van der Waals surface area contributed by atoms with Gasteiger partial charge in [0.05, 0.1) is 0 Å². The van der Waals surface area contributed by atoms with E-state index in [0.29, 0.717) is 12.1 Å². The van der Waals surface area contributed by atoms with Gasteiger partial charge in [0.25, 0.3) is 0 Å². The molecule has 1 heterocycles. The number of rotatable bonds is 2. The van der Waals surface area contributed by atoms with Gasteiger partial charge in [-0.25, -0.2) is 23.1 Å². The van der Waals surface area contributed by atoms with Crippen LogP contribution in [0.1, 0.15) is 0 Å². The summed E-state index contributed by atoms with van der Waals surface area (Å²) in [5, 5.41) is 2.20. The molecule has 0 radical (unpaired) electrons. The minimum absolute atomic E-state index is 0.137. The molecule has 0 saturated heterocycles. The van der Waals surface area contributed by atoms with Gasteiger partial charge < -0.3 is 5.32 Å². The van der Waals surface area contributed by atoms with Crippen LogP contribution in [0.4, 0.5) is 29.1 Å². The molecule has 0 saturated carbocycles. The Morgan fingerprint density at radius 3 is 2.12 bits per heavy atom. The average Bonchev–Trinajstić information content (AvgIpc) is 2.23. The Labute approximate surface area is 93.1 Å². The Morgan fingerprint density at radius 2 is 1.53 bits per heavy atom. The van der Waals surface area contributed by atoms with Crippen molar-refractivity contribution in [2.45, 2.75) is 0 Å². The lowest BCUT2D eigenvalue weighted by atomic mass is 10.2. The second kappa shape index (κ2) is 4.36. The number of nitrogens with one attached hydrogen (secondary N) is 1. The van der Waals surface area contributed by atoms with Crippen LogP contribution in [0.2, 0.25) is 0 Å². The second-order valence-corrected chi connectivity index (χ2v) is 3.10. The molecule has 1 N–H and O–H groups in total. The second-order valence-electron chi connectivity index (χ2n) is 3.10. The standard InChI is InChI=1S/C10H5F4N3/c11-5-1-6(12)10(7(13)2-5)17-9-3-8(14)15-4-16-9/h1-4H,(H,15,16,17). The number of halogens is 4. The third kappa shape index (κ3) is 2.49. The van der Waals surface area contributed by atoms with Gasteiger partial charge in [0, 0.05) is 18.2 Å². The highest BCUT2D eigenvalue weighted by Gasteiger charge is 2.12. The average molecular weight is 243 g/mol. The smallest absolute Gasteiger partial charge is 0.218 e. The van der Waals surface area contributed by atoms with Gasteiger partial charge in [0.2, 0.25) is 5.95 Å². The minimum atomic E-state index is -1.14. The van der Waals surface area contributed by atoms with Gasteiger partial charge >= 0.3 is 0 Å². The van der Waals surface area contributed by atoms with Crippen LogP contribution < -0.4 is 5.32 Å². The van der Waals surface area contributed by atoms with Crippen molar-refractivity contribution >= 4 is 11.5 Å². The molecule has 1 aromatic heterocycles. The topological polar surface area (TPSA) is 37.8 Å². The first-order valence-corrected chi connectivity index (χ1v) is 4.45. The molecule has 7 heteroatoms. The molecule has 0 unspecified atom stereocenters. The lowest BCUT2D eigenvalue weighted by Gasteiger charge is -2.07. The molecule has 2 aromatic rings. The van der Waals surface area contributed by atoms with E-state index in [1.807, 2.05) is 0 Å². The quantitative estimate of drug-likeness (QED) is 0.651. The molecule has 88 valence electrons. The van der Waals surface area contributed by atoms with Crippen LogP contribution in [-0.4, -0.2) is 9.97 Å². The summed E-state index contributed by atoms with van der Waals surface area (Å²) in [5.41, 5.74) is -0.607. The molecule has 0 fully saturated rings. The predicted octanol–water partition coefficient (Wildman–Crippen LogP) is 2.78. The van der Waals surface area contributed by atoms with Gasteiger partial charge in [0.15, 0.2) is 11.6 Å². The molecule has 0 aliphatic rings. The molecule has 3 nitrogen and oxygen atoms in total. The van der Waals surface area contributed by atoms with Crippen molar-refractivity contribution in [3.05, 3.63) is 47.9 Å². The fraction of sp³-hybridized carbons (Fsp3) is 0. The molecule has 0 amide bonds. The molecule has 17 heavy (non-hydrogen) atoms. The molecule has 0 aliphatic heterocycles. The first-order chi connectivity index (χ1) is 8.06. The maximum Gasteiger partial charge on any atom is 0.218 e. The zero-order chi connectivity index (χ0) is 12.4. The van der Waals surface area contributed by atoms with Crippen molar-refractivity contribution in [1.82, 2.24) is 9.97 Å². The third-order valence-electron chi connectivity index (χ3n) is 1.89. The van der Waals surface area contributed by atoms with Gasteiger partial charge in [-0.05, 0) is 0 Å². The number of nitrogens with zero attached hydrogens (tertiary/aromatic N) is 2. The summed E-state index contributed by atoms with van der Waals surface area (Å²) in [4.78, 5) is 6.73. The zero-order valence-electron chi connectivity index (χ0n) is 8.22. The molecule has 0 atom stereocenters. The van der Waals surface area contributed by atoms with Crippen LogP contribution >= 0.6 is 0 Å². The maximum atomic E-state index is 13.2. The molecular weight excluding hydrogens is 238 g/mol. The highest BCUT2D eigenvalue weighted by molar-refractivity contribution is 5.57. The van der Waals surface area contributed by atoms with Gasteiger partial charge in [-0.15, -0.1) is 0 Å². The van der Waals surface area contributed by atoms with Gasteiger partial charge in [0.1, 0.15) is 23.6 Å². The summed E-state index contributed by atoms with van der Waals surface area (Å²) in [6.07, 6.45) is 0.886. The number of benzene rings is 1. The van der Waals surface area contributed by atoms with Crippen molar-refractivity contribution in [3.8, 4) is 0 Å². The summed E-state index contributed by atoms with van der Waals surface area (Å²) >= 11 is 0. The molecule has 2 rings (SSSR count). The molecule has 1 aromatic carbocycles. The third-order valence-corrected chi connectivity index (χ3v) is 1.89. The van der Waals surface area contributed by atoms with E-state index < -0.39 is 29.1 Å². The van der Waals surface area contributed by atoms with E-state index in [9.17, 15) is 17.6 Å². The van der Waals surface area contributed by atoms with Crippen LogP contribution in [0.25, 0.3) is 0 Å². The van der Waals surface area contributed by atoms with E-state index in [4.69, 9.17) is 0 Å². The number of hydrogen-bond acceptors (Lipinski definition) is 3. The van der Waals surface area contributed by atoms with Crippen LogP contribution in [0.15, 0.2) is 24.5 Å². The van der Waals surface area contributed by atoms with Crippen LogP contribution in [-0.2, 0) is 0 Å². The highest BCUT2D eigenvalue weighted by atomic mass is 19.1. The molecule has 0 spiro atoms. The van der Waals surface area contributed by atoms with Crippen molar-refractivity contribution in [3.63, 3.8) is 0 Å². The minimum Gasteiger partial charge on any atom is -0.335 e. The summed E-state index contributed by atoms with van der Waals surface area (Å²) in [7, 11) is 0. The first kappa shape index (κ1) is 11.3. The number of hydrogen-bond donors (Lipinski definition) is 1. The Kier molecular flexibility index (Phi) is 2.90. The fourth-order valence-corrected chi connectivity index (χ4v) is 1.19. The van der Waals surface area contributed by atoms with Gasteiger partial charge in [-0.3, -0.25) is 0 Å². The van der Waals surface area contributed by atoms with Crippen LogP contribution in [0.5, 0.6) is 0 Å². The number of aromatic nitrogens is 2. The van der Waals surface area contributed by atoms with E-state index in [2.05, 4.69) is 15.3 Å². The van der Waals surface area contributed by atoms with Crippen molar-refractivity contribution in [2.75, 3.05) is 5.32 Å². The van der Waals surface area contributed by atoms with Crippen LogP contribution in [0, 0.1) is 23.4 Å². The maximum absolute atomic E-state index is 13.2. The van der Waals surface area contributed by atoms with E-state index in [1.54, 1.807) is 0 Å². The lowest BCUT2D eigenvalue weighted by molar-refractivity contribution is 0.548. The largest absolute Gasteiger partial charge is 0.335 e. The normalized spacial score (nSPS) is 10.4. The fourth-order valence-electron chi connectivity index (χ4n) is 1.19. The Balaban J connectivity index is 2.36. The van der Waals surface area contributed by atoms with E-state index in [-0.39, 0.29) is 5.82 Å². The molecule has 0 aliphatic carbocycles. The Morgan fingerprint density at radius 1 is 0.882 bits per heavy atom. The summed E-state index contributed by atoms with van der Waals surface area (Å²) < 4.78 is 51.8. The van der Waals surface area contributed by atoms with Crippen molar-refractivity contribution in [2.24, 2.45) is 0 Å². The van der Waals surface area contributed by atoms with Gasteiger partial charge in [-0.1, -0.05) is 0 Å². The van der Waals surface area contributed by atoms with Gasteiger partial charge in [-0.2, -0.15) is 4.39 Å². The summed E-state index contributed by atoms with van der Waals surface area (Å²) in [6, 6.07) is 1.86. The lowest BCUT2D eigenvalue weighted by Crippen LogP contribution is -2.01. The SMILES string of the molecule is Fc1cc(F)c(Nc2cc(F)ncn2)c(F)c1. The van der Waals surface area contributed by atoms with E-state index >= 15 is 0 Å². The summed E-state index contributed by atoms with van der Waals surface area (Å²) in [6.45, 7) is 0. The van der Waals surface area contributed by atoms with Crippen molar-refractivity contribution in [1.29, 1.82) is 0 Å². The monoisotopic (exact) mass is 243 g/mol. The molecule has 0 bridgehead atoms. The first-order valence-electron chi connectivity index (χ1n) is 4.45. The van der Waals surface area contributed by atoms with E-state index in [0.717, 1.165) is 12.4 Å². The van der Waals surface area contributed by atoms with Crippen LogP contribution in [0.3, 0.4) is 0 Å². The Hall–Kier alpha value is -2.18. The van der Waals surface area contributed by atoms with Crippen molar-refractivity contribution < 1.29 is 17.6 Å². The Bertz CT molecular complexity index is 536. The predicted molar refractivity (Wildman–Crippen MR) is 51.6 cm³/mol.